The van der Waals surface area contributed by atoms with Gasteiger partial charge in [0.2, 0.25) is 0 Å². The lowest BCUT2D eigenvalue weighted by Crippen LogP contribution is -2.20. The molecule has 110 valence electrons. The van der Waals surface area contributed by atoms with Crippen molar-refractivity contribution in [3.8, 4) is 0 Å². The van der Waals surface area contributed by atoms with Crippen molar-refractivity contribution in [3.05, 3.63) is 41.2 Å². The maximum Gasteiger partial charge on any atom is 0.328 e. The molecule has 0 saturated carbocycles. The predicted octanol–water partition coefficient (Wildman–Crippen LogP) is 2.39. The maximum atomic E-state index is 13.5. The molecule has 0 unspecified atom stereocenters. The third kappa shape index (κ3) is 5.95. The number of hydrogen-bond acceptors (Lipinski definition) is 3. The second-order valence-electron chi connectivity index (χ2n) is 4.61. The van der Waals surface area contributed by atoms with Crippen molar-refractivity contribution in [3.63, 3.8) is 0 Å². The average molecular weight is 281 g/mol. The fourth-order valence-electron chi connectivity index (χ4n) is 1.85. The van der Waals surface area contributed by atoms with Gasteiger partial charge in [-0.3, -0.25) is 0 Å². The van der Waals surface area contributed by atoms with Gasteiger partial charge in [-0.2, -0.15) is 0 Å². The summed E-state index contributed by atoms with van der Waals surface area (Å²) in [6, 6.07) is 4.74. The van der Waals surface area contributed by atoms with Crippen molar-refractivity contribution >= 4 is 12.0 Å². The summed E-state index contributed by atoms with van der Waals surface area (Å²) >= 11 is 0. The largest absolute Gasteiger partial charge is 0.478 e. The zero-order chi connectivity index (χ0) is 15.0. The van der Waals surface area contributed by atoms with Gasteiger partial charge in [0.05, 0.1) is 0 Å². The number of carboxylic acid groups (broad SMARTS) is 1. The molecule has 0 heterocycles. The summed E-state index contributed by atoms with van der Waals surface area (Å²) in [6.07, 6.45) is 3.14. The van der Waals surface area contributed by atoms with Crippen molar-refractivity contribution in [1.29, 1.82) is 0 Å². The summed E-state index contributed by atoms with van der Waals surface area (Å²) in [7, 11) is 3.65. The number of aliphatic carboxylic acids is 1. The lowest BCUT2D eigenvalue weighted by molar-refractivity contribution is -0.131. The van der Waals surface area contributed by atoms with Gasteiger partial charge in [0.15, 0.2) is 0 Å². The van der Waals surface area contributed by atoms with E-state index in [0.29, 0.717) is 13.2 Å². The van der Waals surface area contributed by atoms with Crippen LogP contribution in [-0.2, 0) is 16.1 Å². The number of methoxy groups -OCH3 is 1. The molecular weight excluding hydrogens is 261 g/mol. The smallest absolute Gasteiger partial charge is 0.328 e. The third-order valence-corrected chi connectivity index (χ3v) is 2.81. The number of carbonyl (C=O) groups is 1. The van der Waals surface area contributed by atoms with E-state index in [2.05, 4.69) is 4.90 Å². The Bertz CT molecular complexity index is 474. The van der Waals surface area contributed by atoms with Crippen LogP contribution in [0.4, 0.5) is 4.39 Å². The van der Waals surface area contributed by atoms with Crippen molar-refractivity contribution in [2.75, 3.05) is 27.3 Å². The highest BCUT2D eigenvalue weighted by Gasteiger charge is 2.04. The Kier molecular flexibility index (Phi) is 6.90. The quantitative estimate of drug-likeness (QED) is 0.587. The van der Waals surface area contributed by atoms with Gasteiger partial charge in [-0.15, -0.1) is 0 Å². The van der Waals surface area contributed by atoms with Gasteiger partial charge in [-0.05, 0) is 37.2 Å². The van der Waals surface area contributed by atoms with Crippen LogP contribution in [0.5, 0.6) is 0 Å². The molecule has 0 saturated heterocycles. The van der Waals surface area contributed by atoms with Gasteiger partial charge in [-0.1, -0.05) is 6.07 Å². The Morgan fingerprint density at radius 1 is 1.50 bits per heavy atom. The van der Waals surface area contributed by atoms with Crippen LogP contribution < -0.4 is 0 Å². The van der Waals surface area contributed by atoms with E-state index < -0.39 is 11.8 Å². The molecule has 1 rings (SSSR count). The summed E-state index contributed by atoms with van der Waals surface area (Å²) in [4.78, 5) is 12.6. The predicted molar refractivity (Wildman–Crippen MR) is 75.9 cm³/mol. The van der Waals surface area contributed by atoms with Gasteiger partial charge < -0.3 is 14.7 Å². The van der Waals surface area contributed by atoms with Crippen molar-refractivity contribution < 1.29 is 19.0 Å². The Morgan fingerprint density at radius 2 is 2.25 bits per heavy atom. The molecule has 0 radical (unpaired) electrons. The summed E-state index contributed by atoms with van der Waals surface area (Å²) in [6.45, 7) is 2.27. The van der Waals surface area contributed by atoms with Gasteiger partial charge in [-0.25, -0.2) is 9.18 Å². The van der Waals surface area contributed by atoms with Crippen LogP contribution in [0.15, 0.2) is 24.3 Å². The molecule has 0 amide bonds. The highest BCUT2D eigenvalue weighted by Crippen LogP contribution is 2.14. The highest BCUT2D eigenvalue weighted by molar-refractivity contribution is 5.85. The van der Waals surface area contributed by atoms with Gasteiger partial charge in [0, 0.05) is 38.4 Å². The molecule has 0 fully saturated rings. The van der Waals surface area contributed by atoms with E-state index in [1.54, 1.807) is 19.2 Å². The Labute approximate surface area is 118 Å². The van der Waals surface area contributed by atoms with E-state index in [1.807, 2.05) is 7.05 Å². The van der Waals surface area contributed by atoms with E-state index in [1.165, 1.54) is 12.1 Å². The Morgan fingerprint density at radius 3 is 2.90 bits per heavy atom. The first-order valence-corrected chi connectivity index (χ1v) is 6.40. The minimum atomic E-state index is -1.09. The molecule has 1 aromatic rings. The lowest BCUT2D eigenvalue weighted by atomic mass is 10.1. The molecule has 5 heteroatoms. The minimum absolute atomic E-state index is 0.287. The lowest BCUT2D eigenvalue weighted by Gasteiger charge is -2.16. The molecule has 0 aliphatic rings. The van der Waals surface area contributed by atoms with Crippen molar-refractivity contribution in [2.24, 2.45) is 0 Å². The maximum absolute atomic E-state index is 13.5. The summed E-state index contributed by atoms with van der Waals surface area (Å²) in [5.74, 6) is -1.51. The second kappa shape index (κ2) is 8.45. The Hall–Kier alpha value is -1.72. The number of hydrogen-bond donors (Lipinski definition) is 1. The van der Waals surface area contributed by atoms with Gasteiger partial charge in [0.25, 0.3) is 0 Å². The van der Waals surface area contributed by atoms with Gasteiger partial charge in [0.1, 0.15) is 5.82 Å². The monoisotopic (exact) mass is 281 g/mol. The van der Waals surface area contributed by atoms with E-state index in [9.17, 15) is 9.18 Å². The standard InChI is InChI=1S/C15H20FNO3/c1-17(8-3-9-20-2)11-12-4-6-14(16)13(10-12)5-7-15(18)19/h4-7,10H,3,8-9,11H2,1-2H3,(H,18,19). The first-order valence-electron chi connectivity index (χ1n) is 6.40. The molecule has 0 aromatic heterocycles. The molecule has 4 nitrogen and oxygen atoms in total. The van der Waals surface area contributed by atoms with Crippen LogP contribution in [0.25, 0.3) is 6.08 Å². The van der Waals surface area contributed by atoms with Crippen molar-refractivity contribution in [1.82, 2.24) is 4.90 Å². The number of nitrogens with zero attached hydrogens (tertiary/aromatic N) is 1. The summed E-state index contributed by atoms with van der Waals surface area (Å²) in [5.41, 5.74) is 1.23. The topological polar surface area (TPSA) is 49.8 Å². The average Bonchev–Trinajstić information content (AvgIpc) is 2.39. The summed E-state index contributed by atoms with van der Waals surface area (Å²) in [5, 5.41) is 8.57. The SMILES string of the molecule is COCCCN(C)Cc1ccc(F)c(C=CC(=O)O)c1. The normalized spacial score (nSPS) is 11.4. The second-order valence-corrected chi connectivity index (χ2v) is 4.61. The highest BCUT2D eigenvalue weighted by atomic mass is 19.1. The first-order chi connectivity index (χ1) is 9.52. The molecule has 0 aliphatic carbocycles. The zero-order valence-electron chi connectivity index (χ0n) is 11.8. The zero-order valence-corrected chi connectivity index (χ0v) is 11.8. The number of halogens is 1. The Balaban J connectivity index is 2.67. The van der Waals surface area contributed by atoms with Gasteiger partial charge >= 0.3 is 5.97 Å². The van der Waals surface area contributed by atoms with E-state index in [4.69, 9.17) is 9.84 Å². The molecule has 0 atom stereocenters. The number of ether oxygens (including phenoxy) is 1. The van der Waals surface area contributed by atoms with Crippen molar-refractivity contribution in [2.45, 2.75) is 13.0 Å². The van der Waals surface area contributed by atoms with Crippen LogP contribution in [0.3, 0.4) is 0 Å². The molecule has 0 aliphatic heterocycles. The molecule has 1 N–H and O–H groups in total. The first kappa shape index (κ1) is 16.3. The minimum Gasteiger partial charge on any atom is -0.478 e. The van der Waals surface area contributed by atoms with Crippen LogP contribution in [0, 0.1) is 5.82 Å². The molecule has 0 bridgehead atoms. The fourth-order valence-corrected chi connectivity index (χ4v) is 1.85. The molecular formula is C15H20FNO3. The van der Waals surface area contributed by atoms with Crippen LogP contribution in [0.2, 0.25) is 0 Å². The van der Waals surface area contributed by atoms with E-state index in [-0.39, 0.29) is 5.56 Å². The molecule has 0 spiro atoms. The van der Waals surface area contributed by atoms with Crippen LogP contribution in [0.1, 0.15) is 17.5 Å². The van der Waals surface area contributed by atoms with E-state index in [0.717, 1.165) is 24.6 Å². The number of benzene rings is 1. The van der Waals surface area contributed by atoms with Crippen LogP contribution in [-0.4, -0.2) is 43.3 Å². The molecule has 1 aromatic carbocycles. The summed E-state index contributed by atoms with van der Waals surface area (Å²) < 4.78 is 18.5. The van der Waals surface area contributed by atoms with E-state index >= 15 is 0 Å². The third-order valence-electron chi connectivity index (χ3n) is 2.81. The van der Waals surface area contributed by atoms with Crippen LogP contribution >= 0.6 is 0 Å². The fraction of sp³-hybridized carbons (Fsp3) is 0.400. The molecule has 20 heavy (non-hydrogen) atoms. The number of rotatable bonds is 8. The number of carboxylic acids is 1.